The maximum absolute atomic E-state index is 12.3. The first-order valence-corrected chi connectivity index (χ1v) is 11.2. The van der Waals surface area contributed by atoms with Crippen molar-refractivity contribution in [3.05, 3.63) is 35.9 Å². The summed E-state index contributed by atoms with van der Waals surface area (Å²) in [6.45, 7) is 5.16. The first kappa shape index (κ1) is 22.9. The summed E-state index contributed by atoms with van der Waals surface area (Å²) in [5.74, 6) is -0.949. The van der Waals surface area contributed by atoms with E-state index in [2.05, 4.69) is 20.8 Å². The molecule has 2 aromatic rings. The number of thioether (sulfide) groups is 2. The molecule has 8 nitrogen and oxygen atoms in total. The van der Waals surface area contributed by atoms with Gasteiger partial charge >= 0.3 is 5.97 Å². The van der Waals surface area contributed by atoms with Crippen molar-refractivity contribution >= 4 is 63.5 Å². The Labute approximate surface area is 180 Å². The number of aromatic nitrogens is 2. The molecule has 0 aliphatic rings. The highest BCUT2D eigenvalue weighted by Crippen LogP contribution is 2.28. The first-order chi connectivity index (χ1) is 13.8. The van der Waals surface area contributed by atoms with Crippen LogP contribution in [0.25, 0.3) is 0 Å². The predicted molar refractivity (Wildman–Crippen MR) is 117 cm³/mol. The van der Waals surface area contributed by atoms with Crippen molar-refractivity contribution in [3.8, 4) is 0 Å². The summed E-state index contributed by atoms with van der Waals surface area (Å²) in [4.78, 5) is 35.7. The van der Waals surface area contributed by atoms with Crippen LogP contribution in [0.2, 0.25) is 0 Å². The molecule has 1 aromatic heterocycles. The Balaban J connectivity index is 1.89. The average Bonchev–Trinajstić information content (AvgIpc) is 3.10. The lowest BCUT2D eigenvalue weighted by atomic mass is 10.2. The number of benzene rings is 1. The van der Waals surface area contributed by atoms with Gasteiger partial charge in [0.25, 0.3) is 0 Å². The Bertz CT molecular complexity index is 912. The topological polar surface area (TPSA) is 121 Å². The number of amides is 2. The summed E-state index contributed by atoms with van der Waals surface area (Å²) in [5.41, 5.74) is 0.478. The summed E-state index contributed by atoms with van der Waals surface area (Å²) in [6.07, 6.45) is 1.02. The second-order valence-electron chi connectivity index (χ2n) is 5.70. The SMILES string of the molecule is CCSc1nnc(NC(=O)[C@@H](C)Sc2ccc(NC(=O)/C=C(/C)C(=O)O)cc2)s1. The third-order valence-corrected chi connectivity index (χ3v) is 6.36. The number of nitrogens with one attached hydrogen (secondary N) is 2. The molecule has 1 heterocycles. The molecule has 3 N–H and O–H groups in total. The van der Waals surface area contributed by atoms with Crippen LogP contribution in [0.3, 0.4) is 0 Å². The van der Waals surface area contributed by atoms with Gasteiger partial charge in [-0.1, -0.05) is 30.0 Å². The fourth-order valence-electron chi connectivity index (χ4n) is 1.96. The molecule has 0 spiro atoms. The van der Waals surface area contributed by atoms with Gasteiger partial charge in [0.2, 0.25) is 16.9 Å². The fraction of sp³-hybridized carbons (Fsp3) is 0.278. The minimum Gasteiger partial charge on any atom is -0.478 e. The first-order valence-electron chi connectivity index (χ1n) is 8.55. The van der Waals surface area contributed by atoms with E-state index in [1.54, 1.807) is 43.0 Å². The second-order valence-corrected chi connectivity index (χ2v) is 9.60. The Morgan fingerprint density at radius 2 is 1.90 bits per heavy atom. The van der Waals surface area contributed by atoms with Crippen molar-refractivity contribution in [2.45, 2.75) is 35.3 Å². The number of hydrogen-bond acceptors (Lipinski definition) is 8. The van der Waals surface area contributed by atoms with Crippen LogP contribution in [0.5, 0.6) is 0 Å². The third kappa shape index (κ3) is 7.52. The van der Waals surface area contributed by atoms with Crippen molar-refractivity contribution in [1.82, 2.24) is 10.2 Å². The van der Waals surface area contributed by atoms with Gasteiger partial charge in [-0.25, -0.2) is 4.79 Å². The fourth-order valence-corrected chi connectivity index (χ4v) is 4.48. The number of carboxylic acid groups (broad SMARTS) is 1. The van der Waals surface area contributed by atoms with Gasteiger partial charge in [0.15, 0.2) is 4.34 Å². The molecule has 0 radical (unpaired) electrons. The van der Waals surface area contributed by atoms with Gasteiger partial charge in [-0.05, 0) is 43.9 Å². The molecular formula is C18H20N4O4S3. The van der Waals surface area contributed by atoms with Crippen molar-refractivity contribution < 1.29 is 19.5 Å². The molecule has 29 heavy (non-hydrogen) atoms. The van der Waals surface area contributed by atoms with Gasteiger partial charge in [-0.2, -0.15) is 0 Å². The van der Waals surface area contributed by atoms with Gasteiger partial charge in [0.05, 0.1) is 5.25 Å². The summed E-state index contributed by atoms with van der Waals surface area (Å²) in [6, 6.07) is 6.93. The molecule has 0 bridgehead atoms. The number of anilines is 2. The Hall–Kier alpha value is -2.37. The Morgan fingerprint density at radius 1 is 1.21 bits per heavy atom. The van der Waals surface area contributed by atoms with Crippen LogP contribution in [-0.4, -0.2) is 44.1 Å². The second kappa shape index (κ2) is 11.0. The lowest BCUT2D eigenvalue weighted by Gasteiger charge is -2.11. The van der Waals surface area contributed by atoms with E-state index in [-0.39, 0.29) is 16.7 Å². The zero-order valence-electron chi connectivity index (χ0n) is 16.0. The molecular weight excluding hydrogens is 432 g/mol. The van der Waals surface area contributed by atoms with E-state index in [0.717, 1.165) is 21.1 Å². The van der Waals surface area contributed by atoms with E-state index in [9.17, 15) is 14.4 Å². The zero-order chi connectivity index (χ0) is 21.4. The van der Waals surface area contributed by atoms with Gasteiger partial charge in [0, 0.05) is 22.2 Å². The average molecular weight is 453 g/mol. The Morgan fingerprint density at radius 3 is 2.52 bits per heavy atom. The molecule has 0 saturated heterocycles. The van der Waals surface area contributed by atoms with E-state index < -0.39 is 11.9 Å². The van der Waals surface area contributed by atoms with Crippen molar-refractivity contribution in [3.63, 3.8) is 0 Å². The van der Waals surface area contributed by atoms with Crippen molar-refractivity contribution in [2.24, 2.45) is 0 Å². The van der Waals surface area contributed by atoms with Crippen LogP contribution in [0.4, 0.5) is 10.8 Å². The normalized spacial score (nSPS) is 12.3. The van der Waals surface area contributed by atoms with Crippen LogP contribution < -0.4 is 10.6 Å². The largest absolute Gasteiger partial charge is 0.478 e. The van der Waals surface area contributed by atoms with E-state index in [4.69, 9.17) is 5.11 Å². The van der Waals surface area contributed by atoms with Crippen LogP contribution in [-0.2, 0) is 14.4 Å². The number of carboxylic acids is 1. The molecule has 0 aliphatic carbocycles. The quantitative estimate of drug-likeness (QED) is 0.299. The number of aliphatic carboxylic acids is 1. The van der Waals surface area contributed by atoms with Gasteiger partial charge in [-0.15, -0.1) is 22.0 Å². The van der Waals surface area contributed by atoms with E-state index >= 15 is 0 Å². The summed E-state index contributed by atoms with van der Waals surface area (Å²) in [7, 11) is 0. The number of nitrogens with zero attached hydrogens (tertiary/aromatic N) is 2. The number of rotatable bonds is 9. The molecule has 0 fully saturated rings. The maximum Gasteiger partial charge on any atom is 0.331 e. The number of carbonyl (C=O) groups excluding carboxylic acids is 2. The standard InChI is InChI=1S/C18H20N4O4S3/c1-4-27-18-22-21-17(29-18)20-15(24)11(3)28-13-7-5-12(6-8-13)19-14(23)9-10(2)16(25)26/h5-9,11H,4H2,1-3H3,(H,19,23)(H,25,26)(H,20,21,24)/b10-9-/t11-/m1/s1. The monoisotopic (exact) mass is 452 g/mol. The highest BCUT2D eigenvalue weighted by molar-refractivity contribution is 8.01. The summed E-state index contributed by atoms with van der Waals surface area (Å²) >= 11 is 4.28. The molecule has 1 aromatic carbocycles. The molecule has 0 unspecified atom stereocenters. The number of hydrogen-bond donors (Lipinski definition) is 3. The molecule has 1 atom stereocenters. The van der Waals surface area contributed by atoms with E-state index in [1.165, 1.54) is 30.0 Å². The zero-order valence-corrected chi connectivity index (χ0v) is 18.4. The summed E-state index contributed by atoms with van der Waals surface area (Å²) in [5, 5.41) is 22.2. The van der Waals surface area contributed by atoms with Crippen molar-refractivity contribution in [2.75, 3.05) is 16.4 Å². The highest BCUT2D eigenvalue weighted by Gasteiger charge is 2.17. The van der Waals surface area contributed by atoms with E-state index in [1.807, 2.05) is 6.92 Å². The number of carbonyl (C=O) groups is 3. The maximum atomic E-state index is 12.3. The van der Waals surface area contributed by atoms with E-state index in [0.29, 0.717) is 10.8 Å². The van der Waals surface area contributed by atoms with Crippen molar-refractivity contribution in [1.29, 1.82) is 0 Å². The lowest BCUT2D eigenvalue weighted by Crippen LogP contribution is -2.22. The lowest BCUT2D eigenvalue weighted by molar-refractivity contribution is -0.132. The van der Waals surface area contributed by atoms with Crippen LogP contribution in [0.15, 0.2) is 45.1 Å². The van der Waals surface area contributed by atoms with Gasteiger partial charge < -0.3 is 10.4 Å². The predicted octanol–water partition coefficient (Wildman–Crippen LogP) is 3.74. The Kier molecular flexibility index (Phi) is 8.68. The molecule has 0 saturated carbocycles. The minimum absolute atomic E-state index is 0.0506. The van der Waals surface area contributed by atoms with Crippen LogP contribution in [0.1, 0.15) is 20.8 Å². The minimum atomic E-state index is -1.15. The third-order valence-electron chi connectivity index (χ3n) is 3.39. The molecule has 0 aliphatic heterocycles. The molecule has 11 heteroatoms. The van der Waals surface area contributed by atoms with Crippen LogP contribution in [0, 0.1) is 0 Å². The molecule has 154 valence electrons. The van der Waals surface area contributed by atoms with Gasteiger partial charge in [-0.3, -0.25) is 14.9 Å². The molecule has 2 rings (SSSR count). The summed E-state index contributed by atoms with van der Waals surface area (Å²) < 4.78 is 0.814. The molecule has 2 amide bonds. The smallest absolute Gasteiger partial charge is 0.331 e. The highest BCUT2D eigenvalue weighted by atomic mass is 32.2. The van der Waals surface area contributed by atoms with Crippen LogP contribution >= 0.6 is 34.9 Å². The van der Waals surface area contributed by atoms with Gasteiger partial charge in [0.1, 0.15) is 0 Å².